The van der Waals surface area contributed by atoms with E-state index in [9.17, 15) is 4.79 Å². The van der Waals surface area contributed by atoms with Crippen LogP contribution >= 0.6 is 23.2 Å². The van der Waals surface area contributed by atoms with Crippen LogP contribution in [0.1, 0.15) is 12.0 Å². The Morgan fingerprint density at radius 3 is 2.95 bits per heavy atom. The lowest BCUT2D eigenvalue weighted by molar-refractivity contribution is -0.123. The molecular weight excluding hydrogens is 287 g/mol. The first kappa shape index (κ1) is 14.6. The number of methoxy groups -OCH3 is 1. The van der Waals surface area contributed by atoms with E-state index in [1.807, 2.05) is 6.07 Å². The van der Waals surface area contributed by atoms with Crippen LogP contribution in [0.2, 0.25) is 10.0 Å². The van der Waals surface area contributed by atoms with E-state index < -0.39 is 0 Å². The molecule has 1 aliphatic rings. The van der Waals surface area contributed by atoms with Gasteiger partial charge in [-0.3, -0.25) is 4.79 Å². The maximum absolute atomic E-state index is 12.0. The number of nitrogens with one attached hydrogen (secondary N) is 2. The highest BCUT2D eigenvalue weighted by Gasteiger charge is 2.28. The van der Waals surface area contributed by atoms with Crippen molar-refractivity contribution in [3.8, 4) is 0 Å². The molecule has 0 saturated carbocycles. The van der Waals surface area contributed by atoms with Gasteiger partial charge in [0, 0.05) is 30.2 Å². The number of halogens is 2. The molecule has 6 heteroatoms. The van der Waals surface area contributed by atoms with Crippen LogP contribution in [-0.2, 0) is 16.1 Å². The van der Waals surface area contributed by atoms with Crippen molar-refractivity contribution < 1.29 is 9.53 Å². The fourth-order valence-corrected chi connectivity index (χ4v) is 2.53. The van der Waals surface area contributed by atoms with Gasteiger partial charge in [0.25, 0.3) is 0 Å². The SMILES string of the molecule is CO[C@@H]1CN[C@H](C(=O)NCc2ccc(Cl)cc2Cl)C1. The molecule has 1 aliphatic heterocycles. The zero-order valence-electron chi connectivity index (χ0n) is 10.6. The number of ether oxygens (including phenoxy) is 1. The molecule has 1 heterocycles. The minimum atomic E-state index is -0.198. The zero-order valence-corrected chi connectivity index (χ0v) is 12.1. The summed E-state index contributed by atoms with van der Waals surface area (Å²) >= 11 is 11.9. The molecule has 1 aromatic rings. The molecule has 0 bridgehead atoms. The summed E-state index contributed by atoms with van der Waals surface area (Å²) in [5, 5.41) is 7.13. The second-order valence-electron chi connectivity index (χ2n) is 4.51. The van der Waals surface area contributed by atoms with Crippen LogP contribution in [0, 0.1) is 0 Å². The van der Waals surface area contributed by atoms with Crippen LogP contribution in [0.5, 0.6) is 0 Å². The highest BCUT2D eigenvalue weighted by Crippen LogP contribution is 2.20. The summed E-state index contributed by atoms with van der Waals surface area (Å²) in [5.74, 6) is -0.0365. The number of hydrogen-bond donors (Lipinski definition) is 2. The smallest absolute Gasteiger partial charge is 0.237 e. The van der Waals surface area contributed by atoms with Crippen molar-refractivity contribution >= 4 is 29.1 Å². The van der Waals surface area contributed by atoms with E-state index in [0.29, 0.717) is 29.6 Å². The van der Waals surface area contributed by atoms with E-state index in [4.69, 9.17) is 27.9 Å². The lowest BCUT2D eigenvalue weighted by atomic mass is 10.1. The molecular formula is C13H16Cl2N2O2. The number of amides is 1. The van der Waals surface area contributed by atoms with Crippen molar-refractivity contribution in [3.05, 3.63) is 33.8 Å². The summed E-state index contributed by atoms with van der Waals surface area (Å²) in [4.78, 5) is 12.0. The molecule has 1 aromatic carbocycles. The Kier molecular flexibility index (Phi) is 5.05. The van der Waals surface area contributed by atoms with Crippen LogP contribution in [0.15, 0.2) is 18.2 Å². The number of rotatable bonds is 4. The summed E-state index contributed by atoms with van der Waals surface area (Å²) < 4.78 is 5.21. The monoisotopic (exact) mass is 302 g/mol. The van der Waals surface area contributed by atoms with Gasteiger partial charge in [-0.1, -0.05) is 29.3 Å². The molecule has 2 rings (SSSR count). The van der Waals surface area contributed by atoms with E-state index in [0.717, 1.165) is 5.56 Å². The minimum Gasteiger partial charge on any atom is -0.380 e. The van der Waals surface area contributed by atoms with Crippen LogP contribution < -0.4 is 10.6 Å². The van der Waals surface area contributed by atoms with Gasteiger partial charge in [0.1, 0.15) is 0 Å². The minimum absolute atomic E-state index is 0.0365. The maximum Gasteiger partial charge on any atom is 0.237 e. The molecule has 104 valence electrons. The zero-order chi connectivity index (χ0) is 13.8. The molecule has 0 radical (unpaired) electrons. The van der Waals surface area contributed by atoms with Gasteiger partial charge in [-0.2, -0.15) is 0 Å². The molecule has 19 heavy (non-hydrogen) atoms. The van der Waals surface area contributed by atoms with E-state index in [2.05, 4.69) is 10.6 Å². The molecule has 1 amide bonds. The summed E-state index contributed by atoms with van der Waals surface area (Å²) in [6.45, 7) is 1.10. The van der Waals surface area contributed by atoms with Crippen molar-refractivity contribution in [2.24, 2.45) is 0 Å². The standard InChI is InChI=1S/C13H16Cl2N2O2/c1-19-10-5-12(16-7-10)13(18)17-6-8-2-3-9(14)4-11(8)15/h2-4,10,12,16H,5-7H2,1H3,(H,17,18)/t10-,12-/m0/s1. The predicted molar refractivity (Wildman–Crippen MR) is 75.5 cm³/mol. The van der Waals surface area contributed by atoms with Gasteiger partial charge in [-0.05, 0) is 24.1 Å². The summed E-state index contributed by atoms with van der Waals surface area (Å²) in [5.41, 5.74) is 0.848. The van der Waals surface area contributed by atoms with E-state index in [1.54, 1.807) is 19.2 Å². The number of benzene rings is 1. The van der Waals surface area contributed by atoms with Crippen molar-refractivity contribution in [1.29, 1.82) is 0 Å². The van der Waals surface area contributed by atoms with Crippen LogP contribution in [0.4, 0.5) is 0 Å². The van der Waals surface area contributed by atoms with Gasteiger partial charge in [0.2, 0.25) is 5.91 Å². The Morgan fingerprint density at radius 2 is 2.32 bits per heavy atom. The number of carbonyl (C=O) groups excluding carboxylic acids is 1. The maximum atomic E-state index is 12.0. The fraction of sp³-hybridized carbons (Fsp3) is 0.462. The van der Waals surface area contributed by atoms with Crippen LogP contribution in [0.25, 0.3) is 0 Å². The van der Waals surface area contributed by atoms with Crippen molar-refractivity contribution in [1.82, 2.24) is 10.6 Å². The first-order valence-electron chi connectivity index (χ1n) is 6.08. The third-order valence-electron chi connectivity index (χ3n) is 3.21. The topological polar surface area (TPSA) is 50.4 Å². The van der Waals surface area contributed by atoms with Crippen molar-refractivity contribution in [3.63, 3.8) is 0 Å². The van der Waals surface area contributed by atoms with Crippen molar-refractivity contribution in [2.45, 2.75) is 25.1 Å². The van der Waals surface area contributed by atoms with Gasteiger partial charge in [0.15, 0.2) is 0 Å². The molecule has 0 aromatic heterocycles. The van der Waals surface area contributed by atoms with Gasteiger partial charge in [-0.25, -0.2) is 0 Å². The lowest BCUT2D eigenvalue weighted by Gasteiger charge is -2.12. The van der Waals surface area contributed by atoms with E-state index in [1.165, 1.54) is 0 Å². The van der Waals surface area contributed by atoms with Crippen LogP contribution in [0.3, 0.4) is 0 Å². The lowest BCUT2D eigenvalue weighted by Crippen LogP contribution is -2.40. The largest absolute Gasteiger partial charge is 0.380 e. The second kappa shape index (κ2) is 6.57. The third-order valence-corrected chi connectivity index (χ3v) is 3.80. The molecule has 2 atom stereocenters. The molecule has 1 fully saturated rings. The summed E-state index contributed by atoms with van der Waals surface area (Å²) in [6.07, 6.45) is 0.798. The number of carbonyl (C=O) groups is 1. The van der Waals surface area contributed by atoms with Gasteiger partial charge >= 0.3 is 0 Å². The van der Waals surface area contributed by atoms with Crippen molar-refractivity contribution in [2.75, 3.05) is 13.7 Å². The van der Waals surface area contributed by atoms with E-state index >= 15 is 0 Å². The van der Waals surface area contributed by atoms with E-state index in [-0.39, 0.29) is 18.1 Å². The number of hydrogen-bond acceptors (Lipinski definition) is 3. The highest BCUT2D eigenvalue weighted by atomic mass is 35.5. The molecule has 2 N–H and O–H groups in total. The molecule has 1 saturated heterocycles. The molecule has 0 unspecified atom stereocenters. The summed E-state index contributed by atoms with van der Waals surface area (Å²) in [6, 6.07) is 5.03. The Hall–Kier alpha value is -0.810. The Morgan fingerprint density at radius 1 is 1.53 bits per heavy atom. The highest BCUT2D eigenvalue weighted by molar-refractivity contribution is 6.35. The Balaban J connectivity index is 1.87. The predicted octanol–water partition coefficient (Wildman–Crippen LogP) is 1.99. The average Bonchev–Trinajstić information content (AvgIpc) is 2.86. The summed E-state index contributed by atoms with van der Waals surface area (Å²) in [7, 11) is 1.65. The van der Waals surface area contributed by atoms with Crippen LogP contribution in [-0.4, -0.2) is 31.7 Å². The van der Waals surface area contributed by atoms with Gasteiger partial charge in [0.05, 0.1) is 12.1 Å². The molecule has 0 aliphatic carbocycles. The first-order chi connectivity index (χ1) is 9.10. The fourth-order valence-electron chi connectivity index (χ4n) is 2.05. The van der Waals surface area contributed by atoms with Gasteiger partial charge in [-0.15, -0.1) is 0 Å². The average molecular weight is 303 g/mol. The third kappa shape index (κ3) is 3.83. The molecule has 0 spiro atoms. The normalized spacial score (nSPS) is 22.5. The Bertz CT molecular complexity index is 468. The Labute approximate surface area is 122 Å². The van der Waals surface area contributed by atoms with Gasteiger partial charge < -0.3 is 15.4 Å². The first-order valence-corrected chi connectivity index (χ1v) is 6.83. The quantitative estimate of drug-likeness (QED) is 0.894. The molecule has 4 nitrogen and oxygen atoms in total. The second-order valence-corrected chi connectivity index (χ2v) is 5.35.